The number of carboxylic acids is 2. The van der Waals surface area contributed by atoms with Gasteiger partial charge in [0.1, 0.15) is 11.8 Å². The van der Waals surface area contributed by atoms with Crippen LogP contribution in [-0.2, 0) is 9.59 Å². The van der Waals surface area contributed by atoms with Gasteiger partial charge in [0, 0.05) is 18.4 Å². The first-order chi connectivity index (χ1) is 9.00. The monoisotopic (exact) mass is 265 g/mol. The van der Waals surface area contributed by atoms with Crippen LogP contribution in [0.2, 0.25) is 0 Å². The van der Waals surface area contributed by atoms with E-state index in [-0.39, 0.29) is 18.1 Å². The summed E-state index contributed by atoms with van der Waals surface area (Å²) in [6.07, 6.45) is -0.247. The summed E-state index contributed by atoms with van der Waals surface area (Å²) in [7, 11) is 0. The van der Waals surface area contributed by atoms with Gasteiger partial charge in [0.05, 0.1) is 6.42 Å². The number of aliphatic carboxylic acids is 2. The largest absolute Gasteiger partial charge is 0.508 e. The minimum Gasteiger partial charge on any atom is -0.508 e. The summed E-state index contributed by atoms with van der Waals surface area (Å²) in [4.78, 5) is 22.0. The molecule has 6 heteroatoms. The Morgan fingerprint density at radius 2 is 1.95 bits per heavy atom. The molecule has 4 N–H and O–H groups in total. The molecule has 1 aromatic carbocycles. The third-order valence-electron chi connectivity index (χ3n) is 3.52. The average Bonchev–Trinajstić information content (AvgIpc) is 2.72. The summed E-state index contributed by atoms with van der Waals surface area (Å²) >= 11 is 0. The number of benzene rings is 1. The maximum atomic E-state index is 11.1. The Hall–Kier alpha value is -2.08. The van der Waals surface area contributed by atoms with Crippen LogP contribution < -0.4 is 5.32 Å². The Bertz CT molecular complexity index is 502. The minimum atomic E-state index is -1.07. The first-order valence-electron chi connectivity index (χ1n) is 5.96. The van der Waals surface area contributed by atoms with Crippen molar-refractivity contribution in [1.82, 2.24) is 5.32 Å². The van der Waals surface area contributed by atoms with E-state index in [9.17, 15) is 14.7 Å². The van der Waals surface area contributed by atoms with Crippen molar-refractivity contribution in [3.63, 3.8) is 0 Å². The van der Waals surface area contributed by atoms with Gasteiger partial charge < -0.3 is 20.6 Å². The number of nitrogens with one attached hydrogen (secondary N) is 1. The van der Waals surface area contributed by atoms with E-state index in [1.165, 1.54) is 6.07 Å². The lowest BCUT2D eigenvalue weighted by Gasteiger charge is -2.21. The molecule has 1 aliphatic rings. The number of rotatable bonds is 4. The van der Waals surface area contributed by atoms with Crippen LogP contribution in [0.25, 0.3) is 0 Å². The third-order valence-corrected chi connectivity index (χ3v) is 3.52. The van der Waals surface area contributed by atoms with E-state index < -0.39 is 23.9 Å². The molecule has 0 aromatic heterocycles. The van der Waals surface area contributed by atoms with Crippen molar-refractivity contribution in [2.75, 3.05) is 6.54 Å². The second-order valence-corrected chi connectivity index (χ2v) is 4.65. The highest BCUT2D eigenvalue weighted by atomic mass is 16.4. The molecule has 1 aliphatic heterocycles. The van der Waals surface area contributed by atoms with Crippen LogP contribution in [0.3, 0.4) is 0 Å². The topological polar surface area (TPSA) is 107 Å². The maximum Gasteiger partial charge on any atom is 0.321 e. The minimum absolute atomic E-state index is 0.0655. The molecule has 0 unspecified atom stereocenters. The van der Waals surface area contributed by atoms with Crippen molar-refractivity contribution in [2.24, 2.45) is 5.92 Å². The standard InChI is InChI=1S/C13H15NO5/c15-10-4-2-1-3-7(10)9-6-14-12(13(18)19)8(9)5-11(16)17/h1-4,8-9,12,14-15H,5-6H2,(H,16,17)(H,18,19)/t8-,9+,12+/m0/s1. The molecule has 0 amide bonds. The van der Waals surface area contributed by atoms with Gasteiger partial charge in [-0.2, -0.15) is 0 Å². The van der Waals surface area contributed by atoms with Gasteiger partial charge in [-0.1, -0.05) is 18.2 Å². The van der Waals surface area contributed by atoms with E-state index in [1.54, 1.807) is 18.2 Å². The van der Waals surface area contributed by atoms with Crippen molar-refractivity contribution < 1.29 is 24.9 Å². The SMILES string of the molecule is O=C(O)C[C@H]1[C@@H](c2ccccc2O)CN[C@H]1C(=O)O. The molecule has 2 rings (SSSR count). The number of aromatic hydroxyl groups is 1. The molecular weight excluding hydrogens is 250 g/mol. The Morgan fingerprint density at radius 1 is 1.26 bits per heavy atom. The fourth-order valence-corrected chi connectivity index (χ4v) is 2.66. The number of hydrogen-bond donors (Lipinski definition) is 4. The summed E-state index contributed by atoms with van der Waals surface area (Å²) in [6, 6.07) is 5.71. The second kappa shape index (κ2) is 5.27. The normalized spacial score (nSPS) is 26.2. The molecule has 3 atom stereocenters. The highest BCUT2D eigenvalue weighted by Gasteiger charge is 2.42. The van der Waals surface area contributed by atoms with Crippen LogP contribution in [-0.4, -0.2) is 39.8 Å². The molecule has 1 saturated heterocycles. The van der Waals surface area contributed by atoms with E-state index in [1.807, 2.05) is 0 Å². The fourth-order valence-electron chi connectivity index (χ4n) is 2.66. The molecule has 1 fully saturated rings. The lowest BCUT2D eigenvalue weighted by atomic mass is 9.82. The van der Waals surface area contributed by atoms with Gasteiger partial charge in [0.2, 0.25) is 0 Å². The molecule has 6 nitrogen and oxygen atoms in total. The quantitative estimate of drug-likeness (QED) is 0.636. The van der Waals surface area contributed by atoms with E-state index in [4.69, 9.17) is 10.2 Å². The summed E-state index contributed by atoms with van der Waals surface area (Å²) in [6.45, 7) is 0.340. The number of phenolic OH excluding ortho intramolecular Hbond substituents is 1. The van der Waals surface area contributed by atoms with E-state index in [0.717, 1.165) is 0 Å². The van der Waals surface area contributed by atoms with Crippen molar-refractivity contribution in [1.29, 1.82) is 0 Å². The Kier molecular flexibility index (Phi) is 3.71. The predicted molar refractivity (Wildman–Crippen MR) is 66.0 cm³/mol. The third kappa shape index (κ3) is 2.68. The van der Waals surface area contributed by atoms with E-state index in [0.29, 0.717) is 12.1 Å². The molecule has 102 valence electrons. The Morgan fingerprint density at radius 3 is 2.53 bits per heavy atom. The van der Waals surface area contributed by atoms with Gasteiger partial charge >= 0.3 is 11.9 Å². The highest BCUT2D eigenvalue weighted by Crippen LogP contribution is 2.38. The summed E-state index contributed by atoms with van der Waals surface area (Å²) in [5, 5.41) is 30.7. The molecule has 1 heterocycles. The van der Waals surface area contributed by atoms with Gasteiger partial charge in [0.25, 0.3) is 0 Å². The predicted octanol–water partition coefficient (Wildman–Crippen LogP) is 0.623. The molecule has 0 aliphatic carbocycles. The van der Waals surface area contributed by atoms with Crippen LogP contribution in [0.1, 0.15) is 17.9 Å². The molecule has 19 heavy (non-hydrogen) atoms. The summed E-state index contributed by atoms with van der Waals surface area (Å²) in [5.74, 6) is -2.94. The number of carboxylic acid groups (broad SMARTS) is 2. The van der Waals surface area contributed by atoms with Gasteiger partial charge in [-0.15, -0.1) is 0 Å². The zero-order valence-corrected chi connectivity index (χ0v) is 10.1. The van der Waals surface area contributed by atoms with Gasteiger partial charge in [-0.3, -0.25) is 9.59 Å². The van der Waals surface area contributed by atoms with E-state index >= 15 is 0 Å². The smallest absolute Gasteiger partial charge is 0.321 e. The average molecular weight is 265 g/mol. The number of carbonyl (C=O) groups is 2. The number of phenols is 1. The zero-order chi connectivity index (χ0) is 14.0. The van der Waals surface area contributed by atoms with E-state index in [2.05, 4.69) is 5.32 Å². The zero-order valence-electron chi connectivity index (χ0n) is 10.1. The summed E-state index contributed by atoms with van der Waals surface area (Å²) < 4.78 is 0. The highest BCUT2D eigenvalue weighted by molar-refractivity contribution is 5.77. The van der Waals surface area contributed by atoms with Crippen LogP contribution in [0, 0.1) is 5.92 Å². The first-order valence-corrected chi connectivity index (χ1v) is 5.96. The van der Waals surface area contributed by atoms with Crippen molar-refractivity contribution in [3.05, 3.63) is 29.8 Å². The lowest BCUT2D eigenvalue weighted by Crippen LogP contribution is -2.36. The maximum absolute atomic E-state index is 11.1. The number of para-hydroxylation sites is 1. The molecule has 1 aromatic rings. The Balaban J connectivity index is 2.31. The molecule has 0 spiro atoms. The fraction of sp³-hybridized carbons (Fsp3) is 0.385. The van der Waals surface area contributed by atoms with Crippen LogP contribution in [0.15, 0.2) is 24.3 Å². The van der Waals surface area contributed by atoms with Crippen LogP contribution in [0.4, 0.5) is 0 Å². The molecule has 0 bridgehead atoms. The summed E-state index contributed by atoms with van der Waals surface area (Å²) in [5.41, 5.74) is 0.588. The lowest BCUT2D eigenvalue weighted by molar-refractivity contribution is -0.142. The molecular formula is C13H15NO5. The Labute approximate surface area is 109 Å². The number of hydrogen-bond acceptors (Lipinski definition) is 4. The van der Waals surface area contributed by atoms with Crippen LogP contribution in [0.5, 0.6) is 5.75 Å². The van der Waals surface area contributed by atoms with Gasteiger partial charge in [-0.25, -0.2) is 0 Å². The van der Waals surface area contributed by atoms with Gasteiger partial charge in [-0.05, 0) is 11.6 Å². The van der Waals surface area contributed by atoms with Gasteiger partial charge in [0.15, 0.2) is 0 Å². The molecule has 0 saturated carbocycles. The molecule has 0 radical (unpaired) electrons. The van der Waals surface area contributed by atoms with Crippen LogP contribution >= 0.6 is 0 Å². The van der Waals surface area contributed by atoms with Crippen molar-refractivity contribution in [3.8, 4) is 5.75 Å². The second-order valence-electron chi connectivity index (χ2n) is 4.65. The van der Waals surface area contributed by atoms with Crippen molar-refractivity contribution >= 4 is 11.9 Å². The van der Waals surface area contributed by atoms with Crippen molar-refractivity contribution in [2.45, 2.75) is 18.4 Å². The first kappa shape index (κ1) is 13.4.